The summed E-state index contributed by atoms with van der Waals surface area (Å²) >= 11 is 0. The predicted octanol–water partition coefficient (Wildman–Crippen LogP) is 6.12. The molecule has 0 aliphatic heterocycles. The van der Waals surface area contributed by atoms with Crippen LogP contribution in [0.2, 0.25) is 37.8 Å². The van der Waals surface area contributed by atoms with E-state index in [1.165, 1.54) is 13.5 Å². The summed E-state index contributed by atoms with van der Waals surface area (Å²) in [7, 11) is -11.9. The molecule has 0 spiro atoms. The average Bonchev–Trinajstić information content (AvgIpc) is 2.47. The van der Waals surface area contributed by atoms with Crippen molar-refractivity contribution in [2.75, 3.05) is 6.61 Å². The molecule has 0 heterocycles. The van der Waals surface area contributed by atoms with Crippen molar-refractivity contribution >= 4 is 25.7 Å². The maximum atomic E-state index is 12.8. The van der Waals surface area contributed by atoms with E-state index in [0.29, 0.717) is 0 Å². The largest absolute Gasteiger partial charge is 0.415 e. The van der Waals surface area contributed by atoms with E-state index in [9.17, 15) is 44.3 Å². The van der Waals surface area contributed by atoms with Crippen LogP contribution in [0, 0.1) is 0 Å². The Balaban J connectivity index is 5.63. The first-order valence-corrected chi connectivity index (χ1v) is 16.7. The summed E-state index contributed by atoms with van der Waals surface area (Å²) in [5.41, 5.74) is 0. The molecule has 1 N–H and O–H groups in total. The minimum absolute atomic E-state index is 0.0772. The van der Waals surface area contributed by atoms with Crippen molar-refractivity contribution in [1.82, 2.24) is 0 Å². The Morgan fingerprint density at radius 3 is 1.37 bits per heavy atom. The normalized spacial score (nSPS) is 19.8. The number of alkyl halides is 9. The Morgan fingerprint density at radius 2 is 1.00 bits per heavy atom. The average molecular weight is 515 g/mol. The van der Waals surface area contributed by atoms with Crippen LogP contribution in [0.15, 0.2) is 0 Å². The van der Waals surface area contributed by atoms with Gasteiger partial charge in [0.2, 0.25) is 0 Å². The lowest BCUT2D eigenvalue weighted by molar-refractivity contribution is -0.132. The van der Waals surface area contributed by atoms with Gasteiger partial charge in [-0.3, -0.25) is 0 Å². The van der Waals surface area contributed by atoms with Crippen molar-refractivity contribution in [2.45, 2.75) is 82.5 Å². The summed E-state index contributed by atoms with van der Waals surface area (Å²) in [4.78, 5) is 10.3. The van der Waals surface area contributed by atoms with Crippen molar-refractivity contribution in [1.29, 1.82) is 0 Å². The van der Waals surface area contributed by atoms with Gasteiger partial charge in [0.05, 0.1) is 0 Å². The van der Waals surface area contributed by atoms with Gasteiger partial charge in [0.1, 0.15) is 0 Å². The number of hydrogen-bond donors (Lipinski definition) is 1. The fourth-order valence-electron chi connectivity index (χ4n) is 2.66. The maximum absolute atomic E-state index is 12.8. The molecule has 0 rings (SSSR count). The third-order valence-corrected chi connectivity index (χ3v) is 15.2. The van der Waals surface area contributed by atoms with Crippen LogP contribution < -0.4 is 0 Å². The number of rotatable bonds is 12. The summed E-state index contributed by atoms with van der Waals surface area (Å²) in [6, 6.07) is -2.27. The highest BCUT2D eigenvalue weighted by Crippen LogP contribution is 2.35. The van der Waals surface area contributed by atoms with Crippen LogP contribution in [-0.2, 0) is 12.7 Å². The molecule has 0 aliphatic rings. The molecule has 0 aromatic rings. The minimum Gasteiger partial charge on any atom is -0.415 e. The van der Waals surface area contributed by atoms with Gasteiger partial charge in [0, 0.05) is 25.9 Å². The van der Waals surface area contributed by atoms with Gasteiger partial charge in [-0.05, 0) is 44.7 Å². The lowest BCUT2D eigenvalue weighted by atomic mass is 10.5. The summed E-state index contributed by atoms with van der Waals surface area (Å²) in [6.45, 7) is 4.70. The molecule has 182 valence electrons. The molecule has 0 radical (unpaired) electrons. The Hall–Kier alpha value is -0.139. The molecular weight excluding hydrogens is 487 g/mol. The van der Waals surface area contributed by atoms with Crippen molar-refractivity contribution in [3.05, 3.63) is 0 Å². The molecule has 30 heavy (non-hydrogen) atoms. The zero-order chi connectivity index (χ0) is 24.1. The minimum atomic E-state index is -4.66. The second-order valence-corrected chi connectivity index (χ2v) is 17.7. The van der Waals surface area contributed by atoms with Crippen LogP contribution in [0.5, 0.6) is 0 Å². The molecule has 0 aliphatic carbocycles. The molecule has 0 saturated heterocycles. The van der Waals surface area contributed by atoms with Crippen LogP contribution in [0.4, 0.5) is 39.5 Å². The smallest absolute Gasteiger partial charge is 0.389 e. The van der Waals surface area contributed by atoms with Gasteiger partial charge >= 0.3 is 44.2 Å². The summed E-state index contributed by atoms with van der Waals surface area (Å²) in [5, 5.41) is 0. The molecular formula is C14H27F9O4Si3. The molecule has 0 amide bonds. The van der Waals surface area contributed by atoms with Gasteiger partial charge in [-0.15, -0.1) is 0 Å². The summed E-state index contributed by atoms with van der Waals surface area (Å²) in [5.74, 6) is 0. The molecule has 0 aromatic carbocycles. The van der Waals surface area contributed by atoms with Gasteiger partial charge in [0.15, 0.2) is 0 Å². The highest BCUT2D eigenvalue weighted by atomic mass is 28.5. The molecule has 0 fully saturated rings. The van der Waals surface area contributed by atoms with Crippen LogP contribution in [0.25, 0.3) is 0 Å². The highest BCUT2D eigenvalue weighted by molar-refractivity contribution is 6.85. The van der Waals surface area contributed by atoms with E-state index >= 15 is 0 Å². The SMILES string of the molecule is CCO[Si](C)(CCC(F)(F)F)O[Si](C)(CCC(F)(F)F)O[Si](C)(O)CCC(F)(F)F. The first-order valence-electron chi connectivity index (χ1n) is 9.06. The van der Waals surface area contributed by atoms with Crippen molar-refractivity contribution in [3.63, 3.8) is 0 Å². The maximum Gasteiger partial charge on any atom is 0.389 e. The van der Waals surface area contributed by atoms with Crippen molar-refractivity contribution < 1.29 is 57.0 Å². The topological polar surface area (TPSA) is 47.9 Å². The molecule has 3 unspecified atom stereocenters. The summed E-state index contributed by atoms with van der Waals surface area (Å²) in [6.07, 6.45) is -18.0. The molecule has 4 nitrogen and oxygen atoms in total. The third kappa shape index (κ3) is 14.8. The molecule has 0 aromatic heterocycles. The first kappa shape index (κ1) is 29.9. The van der Waals surface area contributed by atoms with E-state index in [2.05, 4.69) is 0 Å². The monoisotopic (exact) mass is 514 g/mol. The lowest BCUT2D eigenvalue weighted by Gasteiger charge is -2.40. The van der Waals surface area contributed by atoms with E-state index in [4.69, 9.17) is 12.7 Å². The van der Waals surface area contributed by atoms with Crippen molar-refractivity contribution in [3.8, 4) is 0 Å². The molecule has 3 atom stereocenters. The van der Waals surface area contributed by atoms with Gasteiger partial charge in [-0.1, -0.05) is 0 Å². The Morgan fingerprint density at radius 1 is 0.633 bits per heavy atom. The lowest BCUT2D eigenvalue weighted by Crippen LogP contribution is -2.57. The van der Waals surface area contributed by atoms with E-state index in [0.717, 1.165) is 13.1 Å². The fraction of sp³-hybridized carbons (Fsp3) is 1.00. The van der Waals surface area contributed by atoms with Crippen molar-refractivity contribution in [2.24, 2.45) is 0 Å². The molecule has 0 saturated carbocycles. The van der Waals surface area contributed by atoms with Gasteiger partial charge in [0.25, 0.3) is 0 Å². The zero-order valence-electron chi connectivity index (χ0n) is 17.0. The zero-order valence-corrected chi connectivity index (χ0v) is 20.0. The van der Waals surface area contributed by atoms with Gasteiger partial charge in [-0.2, -0.15) is 39.5 Å². The van der Waals surface area contributed by atoms with E-state index in [1.807, 2.05) is 0 Å². The molecule has 0 bridgehead atoms. The Kier molecular flexibility index (Phi) is 10.6. The predicted molar refractivity (Wildman–Crippen MR) is 97.3 cm³/mol. The van der Waals surface area contributed by atoms with Gasteiger partial charge in [-0.25, -0.2) is 0 Å². The number of halogens is 9. The number of hydrogen-bond acceptors (Lipinski definition) is 4. The van der Waals surface area contributed by atoms with E-state index in [1.54, 1.807) is 0 Å². The second kappa shape index (κ2) is 10.7. The van der Waals surface area contributed by atoms with Crippen LogP contribution in [0.3, 0.4) is 0 Å². The second-order valence-electron chi connectivity index (χ2n) is 7.43. The highest BCUT2D eigenvalue weighted by Gasteiger charge is 2.50. The molecule has 16 heteroatoms. The van der Waals surface area contributed by atoms with Crippen LogP contribution in [0.1, 0.15) is 26.2 Å². The van der Waals surface area contributed by atoms with E-state index in [-0.39, 0.29) is 6.61 Å². The Bertz CT molecular complexity index is 528. The summed E-state index contributed by atoms with van der Waals surface area (Å²) < 4.78 is 130. The standard InChI is InChI=1S/C14H27F9O4Si3/c1-5-25-29(3,10-7-13(18,19)20)27-30(4,11-8-14(21,22)23)26-28(2,24)9-6-12(15,16)17/h24H,5-11H2,1-4H3. The third-order valence-electron chi connectivity index (χ3n) is 3.91. The quantitative estimate of drug-likeness (QED) is 0.252. The fourth-order valence-corrected chi connectivity index (χ4v) is 15.4. The van der Waals surface area contributed by atoms with E-state index < -0.39 is 81.6 Å². The van der Waals surface area contributed by atoms with Crippen LogP contribution in [-0.4, -0.2) is 55.6 Å². The first-order chi connectivity index (χ1) is 13.1. The van der Waals surface area contributed by atoms with Crippen LogP contribution >= 0.6 is 0 Å². The Labute approximate surface area is 172 Å². The van der Waals surface area contributed by atoms with Gasteiger partial charge < -0.3 is 17.5 Å².